The Kier molecular flexibility index (Phi) is 3.95. The number of hydrogen-bond donors (Lipinski definition) is 1. The molecular weight excluding hydrogens is 236 g/mol. The molecule has 0 bridgehead atoms. The maximum absolute atomic E-state index is 12.7. The molecule has 1 aliphatic rings. The Balaban J connectivity index is 2.36. The summed E-state index contributed by atoms with van der Waals surface area (Å²) in [6.45, 7) is 9.83. The van der Waals surface area contributed by atoms with Crippen molar-refractivity contribution >= 4 is 11.6 Å². The zero-order valence-corrected chi connectivity index (χ0v) is 12.4. The highest BCUT2D eigenvalue weighted by atomic mass is 16.2. The number of aryl methyl sites for hydroxylation is 2. The van der Waals surface area contributed by atoms with E-state index in [9.17, 15) is 4.79 Å². The number of nitrogens with one attached hydrogen (secondary N) is 1. The van der Waals surface area contributed by atoms with Gasteiger partial charge in [0.1, 0.15) is 0 Å². The van der Waals surface area contributed by atoms with Gasteiger partial charge in [0.15, 0.2) is 0 Å². The van der Waals surface area contributed by atoms with Gasteiger partial charge in [0, 0.05) is 12.2 Å². The van der Waals surface area contributed by atoms with E-state index < -0.39 is 5.54 Å². The molecule has 2 rings (SSSR count). The summed E-state index contributed by atoms with van der Waals surface area (Å²) in [6, 6.07) is 6.29. The third kappa shape index (κ3) is 2.98. The Morgan fingerprint density at radius 1 is 1.21 bits per heavy atom. The highest BCUT2D eigenvalue weighted by molar-refractivity contribution is 6.00. The van der Waals surface area contributed by atoms with E-state index in [2.05, 4.69) is 37.4 Å². The van der Waals surface area contributed by atoms with Crippen LogP contribution in [-0.4, -0.2) is 24.5 Å². The molecule has 1 aromatic carbocycles. The number of carbonyl (C=O) groups is 1. The van der Waals surface area contributed by atoms with Gasteiger partial charge < -0.3 is 10.2 Å². The lowest BCUT2D eigenvalue weighted by Crippen LogP contribution is -2.56. The second-order valence-electron chi connectivity index (χ2n) is 6.01. The molecule has 1 aromatic rings. The lowest BCUT2D eigenvalue weighted by atomic mass is 9.99. The van der Waals surface area contributed by atoms with Crippen molar-refractivity contribution in [2.45, 2.75) is 46.1 Å². The van der Waals surface area contributed by atoms with E-state index in [0.717, 1.165) is 31.6 Å². The van der Waals surface area contributed by atoms with Crippen molar-refractivity contribution in [2.24, 2.45) is 0 Å². The van der Waals surface area contributed by atoms with Crippen LogP contribution in [-0.2, 0) is 4.79 Å². The van der Waals surface area contributed by atoms with Gasteiger partial charge in [-0.25, -0.2) is 0 Å². The zero-order valence-electron chi connectivity index (χ0n) is 12.4. The van der Waals surface area contributed by atoms with Gasteiger partial charge >= 0.3 is 0 Å². The first-order valence-corrected chi connectivity index (χ1v) is 7.06. The molecule has 104 valence electrons. The van der Waals surface area contributed by atoms with Gasteiger partial charge in [-0.1, -0.05) is 17.7 Å². The van der Waals surface area contributed by atoms with Crippen molar-refractivity contribution in [1.82, 2.24) is 5.32 Å². The molecule has 1 saturated heterocycles. The van der Waals surface area contributed by atoms with Crippen molar-refractivity contribution in [3.63, 3.8) is 0 Å². The molecule has 0 spiro atoms. The normalized spacial score (nSPS) is 20.0. The standard InChI is InChI=1S/C16H24N2O/c1-12-7-8-14(13(2)11-12)18-10-6-5-9-17-16(3,4)15(18)19/h7-8,11,17H,5-6,9-10H2,1-4H3. The average Bonchev–Trinajstić information content (AvgIpc) is 2.33. The lowest BCUT2D eigenvalue weighted by molar-refractivity contribution is -0.124. The van der Waals surface area contributed by atoms with E-state index in [4.69, 9.17) is 0 Å². The molecule has 1 fully saturated rings. The number of benzene rings is 1. The summed E-state index contributed by atoms with van der Waals surface area (Å²) >= 11 is 0. The van der Waals surface area contributed by atoms with E-state index in [0.29, 0.717) is 0 Å². The smallest absolute Gasteiger partial charge is 0.246 e. The van der Waals surface area contributed by atoms with Crippen LogP contribution in [0.3, 0.4) is 0 Å². The number of rotatable bonds is 1. The van der Waals surface area contributed by atoms with Crippen LogP contribution in [0.25, 0.3) is 0 Å². The van der Waals surface area contributed by atoms with Crippen molar-refractivity contribution < 1.29 is 4.79 Å². The highest BCUT2D eigenvalue weighted by Gasteiger charge is 2.33. The summed E-state index contributed by atoms with van der Waals surface area (Å²) in [6.07, 6.45) is 2.15. The Labute approximate surface area is 116 Å². The molecule has 0 aromatic heterocycles. The van der Waals surface area contributed by atoms with Gasteiger partial charge in [0.2, 0.25) is 5.91 Å². The van der Waals surface area contributed by atoms with Crippen molar-refractivity contribution in [3.05, 3.63) is 29.3 Å². The summed E-state index contributed by atoms with van der Waals surface area (Å²) in [5, 5.41) is 3.35. The van der Waals surface area contributed by atoms with Crippen molar-refractivity contribution in [1.29, 1.82) is 0 Å². The van der Waals surface area contributed by atoms with Gasteiger partial charge in [0.05, 0.1) is 5.54 Å². The van der Waals surface area contributed by atoms with E-state index >= 15 is 0 Å². The maximum atomic E-state index is 12.7. The Hall–Kier alpha value is -1.35. The predicted octanol–water partition coefficient (Wildman–Crippen LogP) is 2.80. The Bertz CT molecular complexity index is 480. The molecule has 0 saturated carbocycles. The van der Waals surface area contributed by atoms with Crippen LogP contribution >= 0.6 is 0 Å². The SMILES string of the molecule is Cc1ccc(N2CCCCNC(C)(C)C2=O)c(C)c1. The topological polar surface area (TPSA) is 32.3 Å². The fraction of sp³-hybridized carbons (Fsp3) is 0.562. The molecule has 3 nitrogen and oxygen atoms in total. The van der Waals surface area contributed by atoms with Gasteiger partial charge in [-0.3, -0.25) is 4.79 Å². The minimum atomic E-state index is -0.488. The number of anilines is 1. The Morgan fingerprint density at radius 3 is 2.63 bits per heavy atom. The first-order chi connectivity index (χ1) is 8.92. The summed E-state index contributed by atoms with van der Waals surface area (Å²) in [5.41, 5.74) is 2.97. The third-order valence-electron chi connectivity index (χ3n) is 3.80. The molecule has 1 heterocycles. The number of carbonyl (C=O) groups excluding carboxylic acids is 1. The predicted molar refractivity (Wildman–Crippen MR) is 79.6 cm³/mol. The number of nitrogens with zero attached hydrogens (tertiary/aromatic N) is 1. The van der Waals surface area contributed by atoms with Gasteiger partial charge in [0.25, 0.3) is 0 Å². The first kappa shape index (κ1) is 14.1. The van der Waals surface area contributed by atoms with Gasteiger partial charge in [-0.2, -0.15) is 0 Å². The van der Waals surface area contributed by atoms with Crippen LogP contribution in [0.2, 0.25) is 0 Å². The third-order valence-corrected chi connectivity index (χ3v) is 3.80. The van der Waals surface area contributed by atoms with E-state index in [1.807, 2.05) is 18.7 Å². The lowest BCUT2D eigenvalue weighted by Gasteiger charge is -2.35. The summed E-state index contributed by atoms with van der Waals surface area (Å²) in [7, 11) is 0. The molecular formula is C16H24N2O. The van der Waals surface area contributed by atoms with Crippen molar-refractivity contribution in [2.75, 3.05) is 18.0 Å². The minimum Gasteiger partial charge on any atom is -0.311 e. The monoisotopic (exact) mass is 260 g/mol. The molecule has 3 heteroatoms. The molecule has 0 radical (unpaired) electrons. The molecule has 1 amide bonds. The van der Waals surface area contributed by atoms with Crippen LogP contribution in [0.5, 0.6) is 0 Å². The highest BCUT2D eigenvalue weighted by Crippen LogP contribution is 2.25. The fourth-order valence-corrected chi connectivity index (χ4v) is 2.65. The minimum absolute atomic E-state index is 0.166. The van der Waals surface area contributed by atoms with E-state index in [-0.39, 0.29) is 5.91 Å². The molecule has 0 atom stereocenters. The fourth-order valence-electron chi connectivity index (χ4n) is 2.65. The second kappa shape index (κ2) is 5.33. The van der Waals surface area contributed by atoms with Crippen molar-refractivity contribution in [3.8, 4) is 0 Å². The van der Waals surface area contributed by atoms with Gasteiger partial charge in [-0.15, -0.1) is 0 Å². The first-order valence-electron chi connectivity index (χ1n) is 7.06. The Morgan fingerprint density at radius 2 is 1.95 bits per heavy atom. The summed E-state index contributed by atoms with van der Waals surface area (Å²) in [5.74, 6) is 0.166. The quantitative estimate of drug-likeness (QED) is 0.842. The molecule has 1 aliphatic heterocycles. The maximum Gasteiger partial charge on any atom is 0.246 e. The number of hydrogen-bond acceptors (Lipinski definition) is 2. The van der Waals surface area contributed by atoms with E-state index in [1.54, 1.807) is 0 Å². The average molecular weight is 260 g/mol. The molecule has 19 heavy (non-hydrogen) atoms. The molecule has 0 unspecified atom stereocenters. The van der Waals surface area contributed by atoms with Crippen LogP contribution in [0.15, 0.2) is 18.2 Å². The van der Waals surface area contributed by atoms with E-state index in [1.165, 1.54) is 11.1 Å². The van der Waals surface area contributed by atoms with Crippen LogP contribution in [0.4, 0.5) is 5.69 Å². The second-order valence-corrected chi connectivity index (χ2v) is 6.01. The molecule has 1 N–H and O–H groups in total. The van der Waals surface area contributed by atoms with Crippen LogP contribution in [0.1, 0.15) is 37.8 Å². The summed E-state index contributed by atoms with van der Waals surface area (Å²) in [4.78, 5) is 14.7. The van der Waals surface area contributed by atoms with Crippen LogP contribution < -0.4 is 10.2 Å². The zero-order chi connectivity index (χ0) is 14.0. The summed E-state index contributed by atoms with van der Waals surface area (Å²) < 4.78 is 0. The number of amides is 1. The molecule has 0 aliphatic carbocycles. The van der Waals surface area contributed by atoms with Gasteiger partial charge in [-0.05, 0) is 58.7 Å². The largest absolute Gasteiger partial charge is 0.311 e. The van der Waals surface area contributed by atoms with Crippen LogP contribution in [0, 0.1) is 13.8 Å².